The number of hydrogen-bond donors (Lipinski definition) is 1. The first-order valence-corrected chi connectivity index (χ1v) is 11.4. The second-order valence-electron chi connectivity index (χ2n) is 8.41. The topological polar surface area (TPSA) is 55.1 Å². The summed E-state index contributed by atoms with van der Waals surface area (Å²) in [6, 6.07) is 21.3. The van der Waals surface area contributed by atoms with Gasteiger partial charge in [0.25, 0.3) is 0 Å². The quantitative estimate of drug-likeness (QED) is 0.319. The molecule has 3 aromatic carbocycles. The highest BCUT2D eigenvalue weighted by molar-refractivity contribution is 6.42. The van der Waals surface area contributed by atoms with Crippen molar-refractivity contribution in [3.63, 3.8) is 0 Å². The predicted molar refractivity (Wildman–Crippen MR) is 134 cm³/mol. The lowest BCUT2D eigenvalue weighted by atomic mass is 9.91. The Kier molecular flexibility index (Phi) is 6.59. The van der Waals surface area contributed by atoms with Gasteiger partial charge in [-0.25, -0.2) is 4.68 Å². The van der Waals surface area contributed by atoms with E-state index in [1.807, 2.05) is 75.4 Å². The lowest BCUT2D eigenvalue weighted by Crippen LogP contribution is -2.15. The number of carboxylic acid groups (broad SMARTS) is 1. The molecule has 1 N–H and O–H groups in total. The van der Waals surface area contributed by atoms with Crippen LogP contribution in [0.25, 0.3) is 16.9 Å². The Labute approximate surface area is 203 Å². The molecule has 0 amide bonds. The minimum atomic E-state index is -0.874. The summed E-state index contributed by atoms with van der Waals surface area (Å²) >= 11 is 12.4. The molecule has 0 saturated heterocycles. The molecule has 0 fully saturated rings. The van der Waals surface area contributed by atoms with E-state index < -0.39 is 11.9 Å². The zero-order valence-corrected chi connectivity index (χ0v) is 20.2. The van der Waals surface area contributed by atoms with Crippen LogP contribution in [-0.4, -0.2) is 20.9 Å². The molecular formula is C27H24Cl2N2O2. The number of aliphatic carboxylic acids is 1. The SMILES string of the molecule is Cc1ccc(-c2cc(CC(C(=O)O)c3cc(C)cc(C)c3)nn2-c2ccc(Cl)c(Cl)c2)cc1. The minimum absolute atomic E-state index is 0.269. The number of benzene rings is 3. The average Bonchev–Trinajstić information content (AvgIpc) is 3.17. The van der Waals surface area contributed by atoms with E-state index in [1.165, 1.54) is 0 Å². The number of hydrogen-bond acceptors (Lipinski definition) is 2. The maximum atomic E-state index is 12.2. The first-order chi connectivity index (χ1) is 15.7. The fourth-order valence-electron chi connectivity index (χ4n) is 4.04. The average molecular weight is 479 g/mol. The van der Waals surface area contributed by atoms with Gasteiger partial charge in [-0.15, -0.1) is 0 Å². The highest BCUT2D eigenvalue weighted by Gasteiger charge is 2.24. The standard InChI is InChI=1S/C27H24Cl2N2O2/c1-16-4-6-19(7-5-16)26-14-21(30-31(26)22-8-9-24(28)25(29)15-22)13-23(27(32)33)20-11-17(2)10-18(3)12-20/h4-12,14-15,23H,13H2,1-3H3,(H,32,33). The van der Waals surface area contributed by atoms with E-state index in [1.54, 1.807) is 16.8 Å². The van der Waals surface area contributed by atoms with E-state index in [2.05, 4.69) is 0 Å². The van der Waals surface area contributed by atoms with Gasteiger partial charge in [0.1, 0.15) is 0 Å². The molecule has 4 rings (SSSR count). The largest absolute Gasteiger partial charge is 0.481 e. The number of halogens is 2. The van der Waals surface area contributed by atoms with Crippen molar-refractivity contribution in [3.05, 3.63) is 105 Å². The molecule has 0 aliphatic rings. The fourth-order valence-corrected chi connectivity index (χ4v) is 4.33. The maximum absolute atomic E-state index is 12.2. The third-order valence-corrected chi connectivity index (χ3v) is 6.35. The van der Waals surface area contributed by atoms with Crippen LogP contribution >= 0.6 is 23.2 Å². The second kappa shape index (κ2) is 9.42. The summed E-state index contributed by atoms with van der Waals surface area (Å²) in [6.45, 7) is 5.99. The van der Waals surface area contributed by atoms with Gasteiger partial charge in [-0.05, 0) is 50.6 Å². The van der Waals surface area contributed by atoms with E-state index in [0.717, 1.165) is 39.2 Å². The molecule has 0 aliphatic heterocycles. The van der Waals surface area contributed by atoms with Crippen molar-refractivity contribution in [1.29, 1.82) is 0 Å². The van der Waals surface area contributed by atoms with Crippen molar-refractivity contribution in [2.75, 3.05) is 0 Å². The maximum Gasteiger partial charge on any atom is 0.311 e. The van der Waals surface area contributed by atoms with Crippen LogP contribution in [0.3, 0.4) is 0 Å². The van der Waals surface area contributed by atoms with Gasteiger partial charge >= 0.3 is 5.97 Å². The Morgan fingerprint density at radius 1 is 0.879 bits per heavy atom. The van der Waals surface area contributed by atoms with E-state index in [4.69, 9.17) is 28.3 Å². The molecule has 33 heavy (non-hydrogen) atoms. The lowest BCUT2D eigenvalue weighted by Gasteiger charge is -2.13. The first-order valence-electron chi connectivity index (χ1n) is 10.6. The summed E-state index contributed by atoms with van der Waals surface area (Å²) < 4.78 is 1.79. The first kappa shape index (κ1) is 23.1. The molecule has 168 valence electrons. The van der Waals surface area contributed by atoms with Crippen LogP contribution in [0.15, 0.2) is 66.7 Å². The molecule has 6 heteroatoms. The van der Waals surface area contributed by atoms with Crippen LogP contribution in [-0.2, 0) is 11.2 Å². The summed E-state index contributed by atoms with van der Waals surface area (Å²) in [6.07, 6.45) is 0.269. The number of aryl methyl sites for hydroxylation is 3. The van der Waals surface area contributed by atoms with Crippen LogP contribution in [0.1, 0.15) is 33.9 Å². The van der Waals surface area contributed by atoms with Crippen LogP contribution < -0.4 is 0 Å². The zero-order valence-electron chi connectivity index (χ0n) is 18.6. The number of carbonyl (C=O) groups is 1. The van der Waals surface area contributed by atoms with Gasteiger partial charge in [-0.3, -0.25) is 4.79 Å². The summed E-state index contributed by atoms with van der Waals surface area (Å²) in [5, 5.41) is 15.7. The van der Waals surface area contributed by atoms with Crippen LogP contribution in [0.5, 0.6) is 0 Å². The summed E-state index contributed by atoms with van der Waals surface area (Å²) in [5.74, 6) is -1.58. The molecule has 1 heterocycles. The normalized spacial score (nSPS) is 12.0. The van der Waals surface area contributed by atoms with Crippen LogP contribution in [0.4, 0.5) is 0 Å². The van der Waals surface area contributed by atoms with E-state index in [0.29, 0.717) is 15.7 Å². The highest BCUT2D eigenvalue weighted by atomic mass is 35.5. The molecule has 4 aromatic rings. The number of rotatable bonds is 6. The molecular weight excluding hydrogens is 455 g/mol. The van der Waals surface area contributed by atoms with Crippen LogP contribution in [0.2, 0.25) is 10.0 Å². The summed E-state index contributed by atoms with van der Waals surface area (Å²) in [7, 11) is 0. The molecule has 4 nitrogen and oxygen atoms in total. The van der Waals surface area contributed by atoms with Gasteiger partial charge in [-0.1, -0.05) is 82.4 Å². The predicted octanol–water partition coefficient (Wildman–Crippen LogP) is 7.18. The van der Waals surface area contributed by atoms with E-state index in [-0.39, 0.29) is 6.42 Å². The van der Waals surface area contributed by atoms with Crippen molar-refractivity contribution in [2.24, 2.45) is 0 Å². The smallest absolute Gasteiger partial charge is 0.311 e. The Morgan fingerprint density at radius 3 is 2.15 bits per heavy atom. The van der Waals surface area contributed by atoms with E-state index >= 15 is 0 Å². The van der Waals surface area contributed by atoms with Gasteiger partial charge in [0.15, 0.2) is 0 Å². The van der Waals surface area contributed by atoms with Gasteiger partial charge in [-0.2, -0.15) is 5.10 Å². The molecule has 1 unspecified atom stereocenters. The van der Waals surface area contributed by atoms with Gasteiger partial charge < -0.3 is 5.11 Å². The molecule has 0 spiro atoms. The van der Waals surface area contributed by atoms with Crippen LogP contribution in [0, 0.1) is 20.8 Å². The monoisotopic (exact) mass is 478 g/mol. The van der Waals surface area contributed by atoms with Crippen molar-refractivity contribution >= 4 is 29.2 Å². The molecule has 0 saturated carbocycles. The Morgan fingerprint density at radius 2 is 1.55 bits per heavy atom. The number of aromatic nitrogens is 2. The summed E-state index contributed by atoms with van der Waals surface area (Å²) in [4.78, 5) is 12.2. The third-order valence-electron chi connectivity index (χ3n) is 5.61. The number of carboxylic acids is 1. The zero-order chi connectivity index (χ0) is 23.7. The molecule has 1 atom stereocenters. The molecule has 1 aromatic heterocycles. The Bertz CT molecular complexity index is 1310. The van der Waals surface area contributed by atoms with Crippen molar-refractivity contribution in [1.82, 2.24) is 9.78 Å². The second-order valence-corrected chi connectivity index (χ2v) is 9.23. The third kappa shape index (κ3) is 5.13. The summed E-state index contributed by atoms with van der Waals surface area (Å²) in [5.41, 5.74) is 7.28. The Balaban J connectivity index is 1.80. The molecule has 0 bridgehead atoms. The van der Waals surface area contributed by atoms with Crippen molar-refractivity contribution < 1.29 is 9.90 Å². The Hall–Kier alpha value is -3.08. The lowest BCUT2D eigenvalue weighted by molar-refractivity contribution is -0.138. The molecule has 0 radical (unpaired) electrons. The van der Waals surface area contributed by atoms with Crippen molar-refractivity contribution in [3.8, 4) is 16.9 Å². The van der Waals surface area contributed by atoms with Gasteiger partial charge in [0.05, 0.1) is 33.0 Å². The molecule has 0 aliphatic carbocycles. The van der Waals surface area contributed by atoms with Gasteiger partial charge in [0, 0.05) is 12.0 Å². The van der Waals surface area contributed by atoms with E-state index in [9.17, 15) is 9.90 Å². The highest BCUT2D eigenvalue weighted by Crippen LogP contribution is 2.31. The fraction of sp³-hybridized carbons (Fsp3) is 0.185. The van der Waals surface area contributed by atoms with Crippen molar-refractivity contribution in [2.45, 2.75) is 33.1 Å². The minimum Gasteiger partial charge on any atom is -0.481 e. The number of nitrogens with zero attached hydrogens (tertiary/aromatic N) is 2. The van der Waals surface area contributed by atoms with Gasteiger partial charge in [0.2, 0.25) is 0 Å².